The third kappa shape index (κ3) is 5.92. The van der Waals surface area contributed by atoms with Crippen LogP contribution in [0.4, 0.5) is 18.9 Å². The Morgan fingerprint density at radius 2 is 1.84 bits per heavy atom. The third-order valence-corrected chi connectivity index (χ3v) is 3.79. The minimum absolute atomic E-state index is 0.0585. The molecule has 0 fully saturated rings. The average molecular weight is 361 g/mol. The molecule has 1 aromatic rings. The molecule has 0 aliphatic rings. The maximum absolute atomic E-state index is 13.2. The number of ether oxygens (including phenoxy) is 2. The number of hydrogen-bond acceptors (Lipinski definition) is 3. The Morgan fingerprint density at radius 1 is 1.16 bits per heavy atom. The zero-order valence-electron chi connectivity index (χ0n) is 15.1. The summed E-state index contributed by atoms with van der Waals surface area (Å²) in [4.78, 5) is 12.6. The van der Waals surface area contributed by atoms with Crippen LogP contribution in [0.25, 0.3) is 0 Å². The minimum atomic E-state index is -4.57. The fourth-order valence-corrected chi connectivity index (χ4v) is 2.46. The quantitative estimate of drug-likeness (QED) is 0.671. The largest absolute Gasteiger partial charge is 0.493 e. The molecule has 1 rings (SSSR count). The molecule has 0 saturated heterocycles. The summed E-state index contributed by atoms with van der Waals surface area (Å²) in [5, 5.41) is 2.54. The topological polar surface area (TPSA) is 47.6 Å². The summed E-state index contributed by atoms with van der Waals surface area (Å²) in [7, 11) is 0. The zero-order valence-corrected chi connectivity index (χ0v) is 15.1. The highest BCUT2D eigenvalue weighted by Crippen LogP contribution is 2.38. The Balaban J connectivity index is 3.06. The van der Waals surface area contributed by atoms with Gasteiger partial charge in [0.25, 0.3) is 5.91 Å². The molecule has 0 aliphatic carbocycles. The van der Waals surface area contributed by atoms with Crippen molar-refractivity contribution < 1.29 is 27.4 Å². The number of unbranched alkanes of at least 4 members (excludes halogenated alkanes) is 1. The summed E-state index contributed by atoms with van der Waals surface area (Å²) in [5.74, 6) is -0.716. The average Bonchev–Trinajstić information content (AvgIpc) is 2.53. The van der Waals surface area contributed by atoms with E-state index in [1.807, 2.05) is 6.92 Å². The number of carbonyl (C=O) groups is 1. The summed E-state index contributed by atoms with van der Waals surface area (Å²) < 4.78 is 50.2. The van der Waals surface area contributed by atoms with Gasteiger partial charge in [-0.1, -0.05) is 19.8 Å². The van der Waals surface area contributed by atoms with Crippen LogP contribution in [-0.4, -0.2) is 24.7 Å². The SMILES string of the molecule is CCCCC(C)(OCC)C(=O)Nc1ccc(OCC)c(C(F)(F)F)c1. The van der Waals surface area contributed by atoms with Gasteiger partial charge in [-0.25, -0.2) is 0 Å². The van der Waals surface area contributed by atoms with Gasteiger partial charge in [-0.2, -0.15) is 13.2 Å². The van der Waals surface area contributed by atoms with E-state index in [4.69, 9.17) is 9.47 Å². The molecule has 25 heavy (non-hydrogen) atoms. The van der Waals surface area contributed by atoms with Gasteiger partial charge < -0.3 is 14.8 Å². The molecule has 1 amide bonds. The maximum Gasteiger partial charge on any atom is 0.420 e. The van der Waals surface area contributed by atoms with Gasteiger partial charge in [0, 0.05) is 12.3 Å². The highest BCUT2D eigenvalue weighted by Gasteiger charge is 2.36. The molecule has 0 aliphatic heterocycles. The van der Waals surface area contributed by atoms with Crippen LogP contribution in [0.15, 0.2) is 18.2 Å². The van der Waals surface area contributed by atoms with Crippen molar-refractivity contribution in [2.45, 2.75) is 58.7 Å². The molecule has 0 heterocycles. The van der Waals surface area contributed by atoms with Crippen molar-refractivity contribution >= 4 is 11.6 Å². The van der Waals surface area contributed by atoms with Crippen LogP contribution in [0.5, 0.6) is 5.75 Å². The van der Waals surface area contributed by atoms with Crippen LogP contribution in [0.1, 0.15) is 52.5 Å². The van der Waals surface area contributed by atoms with Gasteiger partial charge in [-0.3, -0.25) is 4.79 Å². The number of carbonyl (C=O) groups excluding carboxylic acids is 1. The van der Waals surface area contributed by atoms with E-state index in [9.17, 15) is 18.0 Å². The standard InChI is InChI=1S/C18H26F3NO3/c1-5-8-11-17(4,25-7-3)16(23)22-13-9-10-15(24-6-2)14(12-13)18(19,20)21/h9-10,12H,5-8,11H2,1-4H3,(H,22,23). The molecular weight excluding hydrogens is 335 g/mol. The van der Waals surface area contributed by atoms with Crippen molar-refractivity contribution in [3.63, 3.8) is 0 Å². The number of nitrogens with one attached hydrogen (secondary N) is 1. The predicted molar refractivity (Wildman–Crippen MR) is 90.8 cm³/mol. The molecule has 0 radical (unpaired) electrons. The molecule has 7 heteroatoms. The predicted octanol–water partition coefficient (Wildman–Crippen LogP) is 5.03. The van der Waals surface area contributed by atoms with Crippen LogP contribution in [0, 0.1) is 0 Å². The molecule has 0 aromatic heterocycles. The van der Waals surface area contributed by atoms with E-state index in [0.29, 0.717) is 13.0 Å². The highest BCUT2D eigenvalue weighted by molar-refractivity contribution is 5.97. The molecule has 1 aromatic carbocycles. The molecule has 142 valence electrons. The number of benzene rings is 1. The lowest BCUT2D eigenvalue weighted by atomic mass is 9.97. The fraction of sp³-hybridized carbons (Fsp3) is 0.611. The van der Waals surface area contributed by atoms with Gasteiger partial charge in [0.1, 0.15) is 11.4 Å². The van der Waals surface area contributed by atoms with E-state index in [1.165, 1.54) is 12.1 Å². The second kappa shape index (κ2) is 9.08. The smallest absolute Gasteiger partial charge is 0.420 e. The van der Waals surface area contributed by atoms with E-state index >= 15 is 0 Å². The molecule has 4 nitrogen and oxygen atoms in total. The first kappa shape index (κ1) is 21.3. The van der Waals surface area contributed by atoms with E-state index in [1.54, 1.807) is 20.8 Å². The molecule has 1 atom stereocenters. The van der Waals surface area contributed by atoms with Crippen LogP contribution in [0.3, 0.4) is 0 Å². The van der Waals surface area contributed by atoms with E-state index in [-0.39, 0.29) is 18.0 Å². The summed E-state index contributed by atoms with van der Waals surface area (Å²) >= 11 is 0. The van der Waals surface area contributed by atoms with Crippen molar-refractivity contribution in [1.82, 2.24) is 0 Å². The minimum Gasteiger partial charge on any atom is -0.493 e. The Bertz CT molecular complexity index is 575. The third-order valence-electron chi connectivity index (χ3n) is 3.79. The highest BCUT2D eigenvalue weighted by atomic mass is 19.4. The van der Waals surface area contributed by atoms with E-state index in [0.717, 1.165) is 18.9 Å². The first-order valence-corrected chi connectivity index (χ1v) is 8.47. The van der Waals surface area contributed by atoms with Gasteiger partial charge in [-0.15, -0.1) is 0 Å². The number of alkyl halides is 3. The lowest BCUT2D eigenvalue weighted by molar-refractivity contribution is -0.140. The van der Waals surface area contributed by atoms with Crippen molar-refractivity contribution in [3.8, 4) is 5.75 Å². The van der Waals surface area contributed by atoms with Crippen molar-refractivity contribution in [1.29, 1.82) is 0 Å². The van der Waals surface area contributed by atoms with Gasteiger partial charge in [0.2, 0.25) is 0 Å². The monoisotopic (exact) mass is 361 g/mol. The maximum atomic E-state index is 13.2. The fourth-order valence-electron chi connectivity index (χ4n) is 2.46. The van der Waals surface area contributed by atoms with Crippen molar-refractivity contribution in [3.05, 3.63) is 23.8 Å². The number of anilines is 1. The number of hydrogen-bond donors (Lipinski definition) is 1. The van der Waals surface area contributed by atoms with Crippen LogP contribution >= 0.6 is 0 Å². The van der Waals surface area contributed by atoms with E-state index in [2.05, 4.69) is 5.32 Å². The van der Waals surface area contributed by atoms with Crippen LogP contribution < -0.4 is 10.1 Å². The van der Waals surface area contributed by atoms with Gasteiger partial charge in [-0.05, 0) is 45.4 Å². The lowest BCUT2D eigenvalue weighted by Gasteiger charge is -2.28. The van der Waals surface area contributed by atoms with Crippen molar-refractivity contribution in [2.24, 2.45) is 0 Å². The zero-order chi connectivity index (χ0) is 19.1. The Labute approximate surface area is 146 Å². The molecule has 0 bridgehead atoms. The van der Waals surface area contributed by atoms with Gasteiger partial charge in [0.05, 0.1) is 12.2 Å². The lowest BCUT2D eigenvalue weighted by Crippen LogP contribution is -2.42. The number of halogens is 3. The summed E-state index contributed by atoms with van der Waals surface area (Å²) in [5.41, 5.74) is -1.94. The summed E-state index contributed by atoms with van der Waals surface area (Å²) in [6.07, 6.45) is -2.42. The first-order chi connectivity index (χ1) is 11.7. The molecule has 1 N–H and O–H groups in total. The van der Waals surface area contributed by atoms with E-state index < -0.39 is 23.2 Å². The van der Waals surface area contributed by atoms with Crippen LogP contribution in [-0.2, 0) is 15.7 Å². The summed E-state index contributed by atoms with van der Waals surface area (Å²) in [6.45, 7) is 7.49. The second-order valence-electron chi connectivity index (χ2n) is 5.86. The van der Waals surface area contributed by atoms with Crippen LogP contribution in [0.2, 0.25) is 0 Å². The molecule has 0 spiro atoms. The number of rotatable bonds is 9. The normalized spacial score (nSPS) is 14.0. The molecular formula is C18H26F3NO3. The van der Waals surface area contributed by atoms with Gasteiger partial charge >= 0.3 is 6.18 Å². The Morgan fingerprint density at radius 3 is 2.36 bits per heavy atom. The van der Waals surface area contributed by atoms with Gasteiger partial charge in [0.15, 0.2) is 0 Å². The summed E-state index contributed by atoms with van der Waals surface area (Å²) in [6, 6.07) is 3.49. The molecule has 1 unspecified atom stereocenters. The number of amides is 1. The first-order valence-electron chi connectivity index (χ1n) is 8.47. The molecule has 0 saturated carbocycles. The Hall–Kier alpha value is -1.76. The van der Waals surface area contributed by atoms with Crippen molar-refractivity contribution in [2.75, 3.05) is 18.5 Å². The second-order valence-corrected chi connectivity index (χ2v) is 5.86. The Kier molecular flexibility index (Phi) is 7.73.